The van der Waals surface area contributed by atoms with Gasteiger partial charge in [-0.25, -0.2) is 0 Å². The minimum Gasteiger partial charge on any atom is -0.454 e. The van der Waals surface area contributed by atoms with Gasteiger partial charge in [-0.15, -0.1) is 0 Å². The summed E-state index contributed by atoms with van der Waals surface area (Å²) in [7, 11) is 0. The average Bonchev–Trinajstić information content (AvgIpc) is 3.07. The molecule has 1 aliphatic rings. The van der Waals surface area contributed by atoms with Gasteiger partial charge in [-0.1, -0.05) is 17.7 Å². The lowest BCUT2D eigenvalue weighted by Crippen LogP contribution is -2.29. The second-order valence-electron chi connectivity index (χ2n) is 6.43. The summed E-state index contributed by atoms with van der Waals surface area (Å²) < 4.78 is 10.6. The number of ether oxygens (including phenoxy) is 2. The van der Waals surface area contributed by atoms with Crippen LogP contribution in [-0.2, 0) is 6.54 Å². The van der Waals surface area contributed by atoms with Gasteiger partial charge in [0, 0.05) is 6.54 Å². The summed E-state index contributed by atoms with van der Waals surface area (Å²) in [5.74, 6) is 0.938. The van der Waals surface area contributed by atoms with Crippen LogP contribution in [0.3, 0.4) is 0 Å². The number of carbonyl (C=O) groups excluding carboxylic acids is 1. The molecule has 6 heteroatoms. The summed E-state index contributed by atoms with van der Waals surface area (Å²) >= 11 is 0. The molecule has 0 aliphatic carbocycles. The summed E-state index contributed by atoms with van der Waals surface area (Å²) in [5, 5.41) is 3.63. The van der Waals surface area contributed by atoms with Crippen molar-refractivity contribution in [2.75, 3.05) is 6.79 Å². The van der Waals surface area contributed by atoms with Gasteiger partial charge in [0.2, 0.25) is 6.79 Å². The molecule has 1 aliphatic heterocycles. The van der Waals surface area contributed by atoms with Gasteiger partial charge in [0.05, 0.1) is 5.52 Å². The van der Waals surface area contributed by atoms with E-state index in [1.54, 1.807) is 12.1 Å². The molecule has 0 atom stereocenters. The number of nitrogens with one attached hydrogen (secondary N) is 2. The fourth-order valence-electron chi connectivity index (χ4n) is 3.18. The zero-order valence-corrected chi connectivity index (χ0v) is 14.5. The van der Waals surface area contributed by atoms with Crippen molar-refractivity contribution in [2.24, 2.45) is 0 Å². The predicted octanol–water partition coefficient (Wildman–Crippen LogP) is 2.80. The Morgan fingerprint density at radius 2 is 1.92 bits per heavy atom. The minimum absolute atomic E-state index is 0.100. The van der Waals surface area contributed by atoms with Crippen LogP contribution in [0.1, 0.15) is 27.0 Å². The molecule has 132 valence electrons. The number of aryl methyl sites for hydroxylation is 2. The second-order valence-corrected chi connectivity index (χ2v) is 6.43. The summed E-state index contributed by atoms with van der Waals surface area (Å²) in [6.07, 6.45) is 0. The van der Waals surface area contributed by atoms with E-state index in [9.17, 15) is 9.59 Å². The molecule has 3 aromatic rings. The number of amides is 1. The number of benzene rings is 2. The van der Waals surface area contributed by atoms with Crippen LogP contribution in [0.5, 0.6) is 11.5 Å². The smallest absolute Gasteiger partial charge is 0.261 e. The molecule has 0 saturated carbocycles. The second kappa shape index (κ2) is 6.22. The highest BCUT2D eigenvalue weighted by Crippen LogP contribution is 2.32. The summed E-state index contributed by atoms with van der Waals surface area (Å²) in [6.45, 7) is 4.41. The van der Waals surface area contributed by atoms with Gasteiger partial charge in [0.15, 0.2) is 11.5 Å². The Bertz CT molecular complexity index is 1090. The molecule has 6 nitrogen and oxygen atoms in total. The Morgan fingerprint density at radius 1 is 1.12 bits per heavy atom. The van der Waals surface area contributed by atoms with E-state index in [0.29, 0.717) is 18.0 Å². The molecular weight excluding hydrogens is 332 g/mol. The van der Waals surface area contributed by atoms with Gasteiger partial charge in [-0.3, -0.25) is 9.59 Å². The summed E-state index contributed by atoms with van der Waals surface area (Å²) in [6, 6.07) is 11.1. The molecule has 0 fully saturated rings. The topological polar surface area (TPSA) is 80.4 Å². The van der Waals surface area contributed by atoms with Crippen LogP contribution in [0, 0.1) is 13.8 Å². The lowest BCUT2D eigenvalue weighted by atomic mass is 10.1. The van der Waals surface area contributed by atoms with Gasteiger partial charge in [-0.05, 0) is 54.6 Å². The first-order valence-corrected chi connectivity index (χ1v) is 8.32. The maximum atomic E-state index is 12.5. The number of aromatic amines is 1. The molecule has 2 aromatic carbocycles. The number of hydrogen-bond acceptors (Lipinski definition) is 4. The Morgan fingerprint density at radius 3 is 2.77 bits per heavy atom. The quantitative estimate of drug-likeness (QED) is 0.761. The zero-order chi connectivity index (χ0) is 18.3. The lowest BCUT2D eigenvalue weighted by Gasteiger charge is -2.08. The summed E-state index contributed by atoms with van der Waals surface area (Å²) in [5.41, 5.74) is 3.38. The van der Waals surface area contributed by atoms with Gasteiger partial charge in [0.25, 0.3) is 11.5 Å². The molecular formula is C20H18N2O4. The summed E-state index contributed by atoms with van der Waals surface area (Å²) in [4.78, 5) is 27.6. The molecule has 0 unspecified atom stereocenters. The van der Waals surface area contributed by atoms with Crippen LogP contribution in [0.25, 0.3) is 10.9 Å². The molecule has 26 heavy (non-hydrogen) atoms. The highest BCUT2D eigenvalue weighted by molar-refractivity contribution is 5.97. The Balaban J connectivity index is 1.58. The van der Waals surface area contributed by atoms with Gasteiger partial charge >= 0.3 is 0 Å². The third-order valence-electron chi connectivity index (χ3n) is 4.43. The molecule has 1 amide bonds. The van der Waals surface area contributed by atoms with E-state index in [1.807, 2.05) is 38.1 Å². The van der Waals surface area contributed by atoms with E-state index in [2.05, 4.69) is 10.3 Å². The standard InChI is InChI=1S/C20H18N2O4/c1-11-5-12(2)18-14(6-11)8-15(20(24)22-18)19(23)21-9-13-3-4-16-17(7-13)26-10-25-16/h3-8H,9-10H2,1-2H3,(H,21,23)(H,22,24). The number of H-pyrrole nitrogens is 1. The van der Waals surface area contributed by atoms with Crippen molar-refractivity contribution >= 4 is 16.8 Å². The number of pyridine rings is 1. The van der Waals surface area contributed by atoms with Crippen molar-refractivity contribution in [3.8, 4) is 11.5 Å². The van der Waals surface area contributed by atoms with Gasteiger partial charge < -0.3 is 19.8 Å². The van der Waals surface area contributed by atoms with E-state index in [-0.39, 0.29) is 12.4 Å². The molecule has 0 spiro atoms. The third-order valence-corrected chi connectivity index (χ3v) is 4.43. The molecule has 0 saturated heterocycles. The molecule has 0 radical (unpaired) electrons. The van der Waals surface area contributed by atoms with Crippen molar-refractivity contribution < 1.29 is 14.3 Å². The van der Waals surface area contributed by atoms with Crippen LogP contribution in [0.2, 0.25) is 0 Å². The Labute approximate surface area is 149 Å². The number of rotatable bonds is 3. The molecule has 2 N–H and O–H groups in total. The predicted molar refractivity (Wildman–Crippen MR) is 97.8 cm³/mol. The van der Waals surface area contributed by atoms with E-state index < -0.39 is 11.5 Å². The minimum atomic E-state index is -0.412. The number of fused-ring (bicyclic) bond motifs is 2. The maximum Gasteiger partial charge on any atom is 0.261 e. The first-order valence-electron chi connectivity index (χ1n) is 8.32. The van der Waals surface area contributed by atoms with Crippen LogP contribution >= 0.6 is 0 Å². The molecule has 2 heterocycles. The van der Waals surface area contributed by atoms with Gasteiger partial charge in [0.1, 0.15) is 5.56 Å². The number of aromatic nitrogens is 1. The van der Waals surface area contributed by atoms with E-state index in [1.165, 1.54) is 0 Å². The number of hydrogen-bond donors (Lipinski definition) is 2. The first-order chi connectivity index (χ1) is 12.5. The van der Waals surface area contributed by atoms with Crippen LogP contribution in [0.15, 0.2) is 41.2 Å². The van der Waals surface area contributed by atoms with Crippen molar-refractivity contribution in [3.05, 3.63) is 69.0 Å². The molecule has 4 rings (SSSR count). The van der Waals surface area contributed by atoms with Crippen molar-refractivity contribution in [1.29, 1.82) is 0 Å². The van der Waals surface area contributed by atoms with Gasteiger partial charge in [-0.2, -0.15) is 0 Å². The van der Waals surface area contributed by atoms with Crippen molar-refractivity contribution in [3.63, 3.8) is 0 Å². The van der Waals surface area contributed by atoms with E-state index in [0.717, 1.165) is 27.6 Å². The Hall–Kier alpha value is -3.28. The fraction of sp³-hybridized carbons (Fsp3) is 0.200. The average molecular weight is 350 g/mol. The van der Waals surface area contributed by atoms with Crippen LogP contribution < -0.4 is 20.3 Å². The van der Waals surface area contributed by atoms with Crippen LogP contribution in [0.4, 0.5) is 0 Å². The number of carbonyl (C=O) groups is 1. The third kappa shape index (κ3) is 2.90. The molecule has 0 bridgehead atoms. The molecule has 1 aromatic heterocycles. The van der Waals surface area contributed by atoms with Crippen LogP contribution in [-0.4, -0.2) is 17.7 Å². The fourth-order valence-corrected chi connectivity index (χ4v) is 3.18. The zero-order valence-electron chi connectivity index (χ0n) is 14.5. The normalized spacial score (nSPS) is 12.4. The maximum absolute atomic E-state index is 12.5. The monoisotopic (exact) mass is 350 g/mol. The largest absolute Gasteiger partial charge is 0.454 e. The first kappa shape index (κ1) is 16.2. The SMILES string of the molecule is Cc1cc(C)c2[nH]c(=O)c(C(=O)NCc3ccc4c(c3)OCO4)cc2c1. The van der Waals surface area contributed by atoms with Crippen molar-refractivity contribution in [1.82, 2.24) is 10.3 Å². The highest BCUT2D eigenvalue weighted by atomic mass is 16.7. The van der Waals surface area contributed by atoms with E-state index in [4.69, 9.17) is 9.47 Å². The van der Waals surface area contributed by atoms with E-state index >= 15 is 0 Å². The Kier molecular flexibility index (Phi) is 3.88. The van der Waals surface area contributed by atoms with Crippen molar-refractivity contribution in [2.45, 2.75) is 20.4 Å². The highest BCUT2D eigenvalue weighted by Gasteiger charge is 2.15. The lowest BCUT2D eigenvalue weighted by molar-refractivity contribution is 0.0949.